The summed E-state index contributed by atoms with van der Waals surface area (Å²) in [6, 6.07) is 0. The Labute approximate surface area is 116 Å². The van der Waals surface area contributed by atoms with Crippen molar-refractivity contribution in [2.24, 2.45) is 11.8 Å². The summed E-state index contributed by atoms with van der Waals surface area (Å²) in [7, 11) is 0. The maximum Gasteiger partial charge on any atom is 0.0598 e. The number of hydrogen-bond donors (Lipinski definition) is 0. The summed E-state index contributed by atoms with van der Waals surface area (Å²) in [6.07, 6.45) is 8.13. The molecule has 0 radical (unpaired) electrons. The predicted octanol–water partition coefficient (Wildman–Crippen LogP) is 5.17. The fraction of sp³-hybridized carbons (Fsp3) is 1.00. The summed E-state index contributed by atoms with van der Waals surface area (Å²) >= 11 is 3.86. The highest BCUT2D eigenvalue weighted by Crippen LogP contribution is 2.37. The van der Waals surface area contributed by atoms with Crippen LogP contribution in [0.5, 0.6) is 0 Å². The summed E-state index contributed by atoms with van der Waals surface area (Å²) in [5.41, 5.74) is 0.0132. The number of hydrogen-bond acceptors (Lipinski definition) is 1. The van der Waals surface area contributed by atoms with Crippen LogP contribution < -0.4 is 0 Å². The molecule has 0 aromatic heterocycles. The fourth-order valence-electron chi connectivity index (χ4n) is 2.81. The van der Waals surface area contributed by atoms with Gasteiger partial charge in [-0.1, -0.05) is 35.7 Å². The molecule has 0 aromatic rings. The molecule has 1 saturated carbocycles. The van der Waals surface area contributed by atoms with Crippen LogP contribution in [0.25, 0.3) is 0 Å². The Morgan fingerprint density at radius 2 is 1.88 bits per heavy atom. The van der Waals surface area contributed by atoms with E-state index in [9.17, 15) is 0 Å². The van der Waals surface area contributed by atoms with E-state index in [0.717, 1.165) is 23.3 Å². The zero-order valence-electron chi connectivity index (χ0n) is 12.0. The molecule has 0 saturated heterocycles. The van der Waals surface area contributed by atoms with Gasteiger partial charge in [0.1, 0.15) is 0 Å². The first kappa shape index (κ1) is 15.5. The number of ether oxygens (including phenoxy) is 1. The second kappa shape index (κ2) is 7.13. The molecule has 3 atom stereocenters. The van der Waals surface area contributed by atoms with Gasteiger partial charge in [0.15, 0.2) is 0 Å². The van der Waals surface area contributed by atoms with E-state index in [-0.39, 0.29) is 5.60 Å². The second-order valence-electron chi connectivity index (χ2n) is 6.49. The maximum atomic E-state index is 5.85. The first-order valence-corrected chi connectivity index (χ1v) is 8.12. The van der Waals surface area contributed by atoms with Gasteiger partial charge in [0.05, 0.1) is 5.60 Å². The minimum atomic E-state index is 0.0132. The average Bonchev–Trinajstić information content (AvgIpc) is 2.21. The lowest BCUT2D eigenvalue weighted by Crippen LogP contribution is -2.28. The lowest BCUT2D eigenvalue weighted by atomic mass is 9.78. The standard InChI is InChI=1S/C15H29BrO/c1-5-6-12-7-8-14(16)13(11-12)9-10-17-15(2,3)4/h12-14H,5-11H2,1-4H3. The van der Waals surface area contributed by atoms with Crippen LogP contribution in [-0.4, -0.2) is 17.0 Å². The maximum absolute atomic E-state index is 5.85. The van der Waals surface area contributed by atoms with E-state index in [0.29, 0.717) is 0 Å². The lowest BCUT2D eigenvalue weighted by Gasteiger charge is -2.34. The lowest BCUT2D eigenvalue weighted by molar-refractivity contribution is -0.0117. The largest absolute Gasteiger partial charge is 0.376 e. The van der Waals surface area contributed by atoms with Gasteiger partial charge in [-0.2, -0.15) is 0 Å². The molecule has 0 heterocycles. The first-order chi connectivity index (χ1) is 7.92. The molecule has 3 unspecified atom stereocenters. The summed E-state index contributed by atoms with van der Waals surface area (Å²) in [4.78, 5) is 0.721. The van der Waals surface area contributed by atoms with Crippen LogP contribution in [0, 0.1) is 11.8 Å². The normalized spacial score (nSPS) is 30.5. The van der Waals surface area contributed by atoms with Gasteiger partial charge in [0.25, 0.3) is 0 Å². The van der Waals surface area contributed by atoms with Crippen LogP contribution >= 0.6 is 15.9 Å². The monoisotopic (exact) mass is 304 g/mol. The third-order valence-electron chi connectivity index (χ3n) is 3.72. The third-order valence-corrected chi connectivity index (χ3v) is 4.92. The third kappa shape index (κ3) is 6.24. The Kier molecular flexibility index (Phi) is 6.50. The molecule has 0 spiro atoms. The zero-order chi connectivity index (χ0) is 12.9. The zero-order valence-corrected chi connectivity index (χ0v) is 13.6. The van der Waals surface area contributed by atoms with Gasteiger partial charge in [-0.15, -0.1) is 0 Å². The minimum absolute atomic E-state index is 0.0132. The first-order valence-electron chi connectivity index (χ1n) is 7.20. The van der Waals surface area contributed by atoms with Crippen LogP contribution in [0.4, 0.5) is 0 Å². The average molecular weight is 305 g/mol. The molecular formula is C15H29BrO. The van der Waals surface area contributed by atoms with E-state index in [1.165, 1.54) is 38.5 Å². The molecule has 17 heavy (non-hydrogen) atoms. The van der Waals surface area contributed by atoms with Gasteiger partial charge < -0.3 is 4.74 Å². The van der Waals surface area contributed by atoms with Crippen molar-refractivity contribution in [3.05, 3.63) is 0 Å². The molecule has 0 aromatic carbocycles. The van der Waals surface area contributed by atoms with Crippen molar-refractivity contribution in [1.29, 1.82) is 0 Å². The fourth-order valence-corrected chi connectivity index (χ4v) is 3.55. The van der Waals surface area contributed by atoms with Gasteiger partial charge in [-0.05, 0) is 58.3 Å². The molecule has 1 nitrogen and oxygen atoms in total. The Morgan fingerprint density at radius 3 is 2.47 bits per heavy atom. The number of alkyl halides is 1. The molecule has 1 rings (SSSR count). The summed E-state index contributed by atoms with van der Waals surface area (Å²) < 4.78 is 5.85. The van der Waals surface area contributed by atoms with E-state index in [1.807, 2.05) is 0 Å². The van der Waals surface area contributed by atoms with Crippen molar-refractivity contribution < 1.29 is 4.74 Å². The minimum Gasteiger partial charge on any atom is -0.376 e. The molecule has 0 N–H and O–H groups in total. The Bertz CT molecular complexity index is 209. The number of halogens is 1. The molecule has 0 aliphatic heterocycles. The Morgan fingerprint density at radius 1 is 1.18 bits per heavy atom. The van der Waals surface area contributed by atoms with Crippen LogP contribution in [-0.2, 0) is 4.74 Å². The van der Waals surface area contributed by atoms with E-state index >= 15 is 0 Å². The molecule has 1 aliphatic rings. The smallest absolute Gasteiger partial charge is 0.0598 e. The molecule has 102 valence electrons. The van der Waals surface area contributed by atoms with Crippen molar-refractivity contribution in [1.82, 2.24) is 0 Å². The van der Waals surface area contributed by atoms with Crippen LogP contribution in [0.15, 0.2) is 0 Å². The summed E-state index contributed by atoms with van der Waals surface area (Å²) in [5.74, 6) is 1.79. The van der Waals surface area contributed by atoms with E-state index in [1.54, 1.807) is 0 Å². The van der Waals surface area contributed by atoms with Gasteiger partial charge in [0, 0.05) is 11.4 Å². The van der Waals surface area contributed by atoms with Crippen molar-refractivity contribution in [2.45, 2.75) is 76.6 Å². The molecule has 2 heteroatoms. The molecule has 0 bridgehead atoms. The molecule has 0 amide bonds. The van der Waals surface area contributed by atoms with Crippen LogP contribution in [0.1, 0.15) is 66.2 Å². The van der Waals surface area contributed by atoms with Gasteiger partial charge in [0.2, 0.25) is 0 Å². The van der Waals surface area contributed by atoms with E-state index < -0.39 is 0 Å². The van der Waals surface area contributed by atoms with E-state index in [2.05, 4.69) is 43.6 Å². The molecular weight excluding hydrogens is 276 g/mol. The highest BCUT2D eigenvalue weighted by Gasteiger charge is 2.28. The highest BCUT2D eigenvalue weighted by molar-refractivity contribution is 9.09. The van der Waals surface area contributed by atoms with Crippen molar-refractivity contribution >= 4 is 15.9 Å². The van der Waals surface area contributed by atoms with Crippen LogP contribution in [0.2, 0.25) is 0 Å². The van der Waals surface area contributed by atoms with Crippen molar-refractivity contribution in [3.63, 3.8) is 0 Å². The van der Waals surface area contributed by atoms with Crippen molar-refractivity contribution in [3.8, 4) is 0 Å². The van der Waals surface area contributed by atoms with Gasteiger partial charge in [-0.3, -0.25) is 0 Å². The topological polar surface area (TPSA) is 9.23 Å². The summed E-state index contributed by atoms with van der Waals surface area (Å²) in [6.45, 7) is 9.63. The second-order valence-corrected chi connectivity index (χ2v) is 7.67. The highest BCUT2D eigenvalue weighted by atomic mass is 79.9. The number of rotatable bonds is 5. The Hall–Kier alpha value is 0.440. The van der Waals surface area contributed by atoms with Crippen molar-refractivity contribution in [2.75, 3.05) is 6.61 Å². The van der Waals surface area contributed by atoms with Gasteiger partial charge >= 0.3 is 0 Å². The van der Waals surface area contributed by atoms with E-state index in [4.69, 9.17) is 4.74 Å². The predicted molar refractivity (Wildman–Crippen MR) is 78.8 cm³/mol. The quantitative estimate of drug-likeness (QED) is 0.637. The Balaban J connectivity index is 2.29. The van der Waals surface area contributed by atoms with Crippen LogP contribution in [0.3, 0.4) is 0 Å². The molecule has 1 fully saturated rings. The summed E-state index contributed by atoms with van der Waals surface area (Å²) in [5, 5.41) is 0. The SMILES string of the molecule is CCCC1CCC(Br)C(CCOC(C)(C)C)C1. The molecule has 1 aliphatic carbocycles. The van der Waals surface area contributed by atoms with Gasteiger partial charge in [-0.25, -0.2) is 0 Å².